The second kappa shape index (κ2) is 3.87. The third-order valence-corrected chi connectivity index (χ3v) is 3.75. The van der Waals surface area contributed by atoms with Gasteiger partial charge in [0.1, 0.15) is 0 Å². The van der Waals surface area contributed by atoms with Gasteiger partial charge < -0.3 is 4.42 Å². The largest absolute Gasteiger partial charge is 0.457 e. The molecule has 13 heavy (non-hydrogen) atoms. The van der Waals surface area contributed by atoms with Crippen LogP contribution in [0, 0.1) is 5.92 Å². The molecule has 0 spiro atoms. The van der Waals surface area contributed by atoms with Gasteiger partial charge in [-0.25, -0.2) is 0 Å². The van der Waals surface area contributed by atoms with Crippen molar-refractivity contribution in [2.24, 2.45) is 5.92 Å². The molecule has 1 saturated carbocycles. The molecule has 1 fully saturated rings. The van der Waals surface area contributed by atoms with Crippen LogP contribution in [0.2, 0.25) is 0 Å². The van der Waals surface area contributed by atoms with Gasteiger partial charge in [-0.15, -0.1) is 0 Å². The highest BCUT2D eigenvalue weighted by Gasteiger charge is 2.22. The molecule has 1 aromatic rings. The number of rotatable bonds is 1. The van der Waals surface area contributed by atoms with Crippen molar-refractivity contribution in [3.05, 3.63) is 22.6 Å². The quantitative estimate of drug-likeness (QED) is 0.715. The van der Waals surface area contributed by atoms with Crippen LogP contribution in [-0.4, -0.2) is 0 Å². The highest BCUT2D eigenvalue weighted by molar-refractivity contribution is 9.10. The molecule has 0 radical (unpaired) electrons. The Balaban J connectivity index is 2.06. The highest BCUT2D eigenvalue weighted by atomic mass is 79.9. The van der Waals surface area contributed by atoms with Crippen LogP contribution in [0.5, 0.6) is 0 Å². The molecular weight excluding hydrogens is 228 g/mol. The summed E-state index contributed by atoms with van der Waals surface area (Å²) in [6.07, 6.45) is 7.14. The van der Waals surface area contributed by atoms with Crippen molar-refractivity contribution in [3.8, 4) is 0 Å². The number of halogens is 1. The number of furan rings is 1. The fourth-order valence-corrected chi connectivity index (χ4v) is 2.73. The van der Waals surface area contributed by atoms with Gasteiger partial charge in [0.2, 0.25) is 0 Å². The third kappa shape index (κ3) is 1.98. The lowest BCUT2D eigenvalue weighted by atomic mass is 9.80. The van der Waals surface area contributed by atoms with E-state index in [0.29, 0.717) is 0 Å². The second-order valence-corrected chi connectivity index (χ2v) is 4.83. The number of hydrogen-bond donors (Lipinski definition) is 0. The van der Waals surface area contributed by atoms with Gasteiger partial charge in [0, 0.05) is 5.56 Å². The summed E-state index contributed by atoms with van der Waals surface area (Å²) in [6, 6.07) is 2.10. The molecule has 1 aliphatic rings. The molecule has 0 aromatic carbocycles. The van der Waals surface area contributed by atoms with E-state index in [4.69, 9.17) is 4.42 Å². The van der Waals surface area contributed by atoms with Crippen molar-refractivity contribution in [1.82, 2.24) is 0 Å². The molecule has 1 aromatic heterocycles. The minimum absolute atomic E-state index is 0.726. The molecule has 0 unspecified atom stereocenters. The molecule has 0 bridgehead atoms. The summed E-state index contributed by atoms with van der Waals surface area (Å²) < 4.78 is 6.20. The maximum atomic E-state index is 5.26. The average Bonchev–Trinajstić information content (AvgIpc) is 2.53. The van der Waals surface area contributed by atoms with Gasteiger partial charge in [-0.2, -0.15) is 0 Å². The Morgan fingerprint density at radius 1 is 1.31 bits per heavy atom. The molecule has 1 aliphatic carbocycles. The van der Waals surface area contributed by atoms with Gasteiger partial charge in [0.05, 0.1) is 6.26 Å². The van der Waals surface area contributed by atoms with Crippen LogP contribution in [0.25, 0.3) is 0 Å². The van der Waals surface area contributed by atoms with Crippen LogP contribution in [-0.2, 0) is 0 Å². The van der Waals surface area contributed by atoms with Crippen LogP contribution in [0.1, 0.15) is 44.1 Å². The van der Waals surface area contributed by atoms with E-state index < -0.39 is 0 Å². The first kappa shape index (κ1) is 9.32. The normalized spacial score (nSPS) is 29.1. The van der Waals surface area contributed by atoms with Gasteiger partial charge in [0.15, 0.2) is 4.67 Å². The summed E-state index contributed by atoms with van der Waals surface area (Å²) in [5, 5.41) is 0. The first-order chi connectivity index (χ1) is 6.27. The highest BCUT2D eigenvalue weighted by Crippen LogP contribution is 2.38. The zero-order chi connectivity index (χ0) is 9.26. The van der Waals surface area contributed by atoms with Crippen LogP contribution in [0.15, 0.2) is 21.4 Å². The standard InChI is InChI=1S/C11H15BrO/c1-8-2-4-9(5-3-8)10-6-7-13-11(10)12/h6-9H,2-5H2,1H3. The van der Waals surface area contributed by atoms with Crippen molar-refractivity contribution >= 4 is 15.9 Å². The van der Waals surface area contributed by atoms with Crippen molar-refractivity contribution in [2.75, 3.05) is 0 Å². The summed E-state index contributed by atoms with van der Waals surface area (Å²) in [6.45, 7) is 2.35. The molecule has 0 atom stereocenters. The van der Waals surface area contributed by atoms with Crippen molar-refractivity contribution < 1.29 is 4.42 Å². The lowest BCUT2D eigenvalue weighted by molar-refractivity contribution is 0.345. The Labute approximate surface area is 87.6 Å². The third-order valence-electron chi connectivity index (χ3n) is 3.10. The molecule has 0 saturated heterocycles. The van der Waals surface area contributed by atoms with Crippen LogP contribution < -0.4 is 0 Å². The smallest absolute Gasteiger partial charge is 0.172 e. The SMILES string of the molecule is CC1CCC(c2ccoc2Br)CC1. The fourth-order valence-electron chi connectivity index (χ4n) is 2.17. The van der Waals surface area contributed by atoms with E-state index in [1.807, 2.05) is 0 Å². The van der Waals surface area contributed by atoms with Crippen LogP contribution in [0.4, 0.5) is 0 Å². The first-order valence-corrected chi connectivity index (χ1v) is 5.79. The summed E-state index contributed by atoms with van der Waals surface area (Å²) in [5.41, 5.74) is 1.37. The van der Waals surface area contributed by atoms with Gasteiger partial charge in [0.25, 0.3) is 0 Å². The predicted octanol–water partition coefficient (Wildman–Crippen LogP) is 4.34. The number of hydrogen-bond acceptors (Lipinski definition) is 1. The lowest BCUT2D eigenvalue weighted by Gasteiger charge is -2.25. The molecule has 1 heterocycles. The van der Waals surface area contributed by atoms with Gasteiger partial charge in [-0.05, 0) is 46.7 Å². The summed E-state index contributed by atoms with van der Waals surface area (Å²) in [4.78, 5) is 0. The first-order valence-electron chi connectivity index (χ1n) is 5.00. The van der Waals surface area contributed by atoms with E-state index in [0.717, 1.165) is 16.5 Å². The van der Waals surface area contributed by atoms with E-state index in [9.17, 15) is 0 Å². The molecular formula is C11H15BrO. The predicted molar refractivity (Wildman–Crippen MR) is 56.8 cm³/mol. The van der Waals surface area contributed by atoms with Crippen molar-refractivity contribution in [2.45, 2.75) is 38.5 Å². The van der Waals surface area contributed by atoms with E-state index in [1.165, 1.54) is 31.2 Å². The summed E-state index contributed by atoms with van der Waals surface area (Å²) in [7, 11) is 0. The van der Waals surface area contributed by atoms with Gasteiger partial charge in [-0.3, -0.25) is 0 Å². The zero-order valence-electron chi connectivity index (χ0n) is 7.92. The van der Waals surface area contributed by atoms with Crippen molar-refractivity contribution in [1.29, 1.82) is 0 Å². The summed E-state index contributed by atoms with van der Waals surface area (Å²) >= 11 is 3.45. The van der Waals surface area contributed by atoms with E-state index >= 15 is 0 Å². The molecule has 2 rings (SSSR count). The topological polar surface area (TPSA) is 13.1 Å². The van der Waals surface area contributed by atoms with Crippen molar-refractivity contribution in [3.63, 3.8) is 0 Å². The molecule has 0 amide bonds. The zero-order valence-corrected chi connectivity index (χ0v) is 9.51. The van der Waals surface area contributed by atoms with Gasteiger partial charge >= 0.3 is 0 Å². The maximum absolute atomic E-state index is 5.26. The fraction of sp³-hybridized carbons (Fsp3) is 0.636. The maximum Gasteiger partial charge on any atom is 0.172 e. The second-order valence-electron chi connectivity index (χ2n) is 4.11. The Kier molecular flexibility index (Phi) is 2.77. The van der Waals surface area contributed by atoms with Crippen LogP contribution >= 0.6 is 15.9 Å². The van der Waals surface area contributed by atoms with Gasteiger partial charge in [-0.1, -0.05) is 19.8 Å². The Bertz CT molecular complexity index is 271. The average molecular weight is 243 g/mol. The monoisotopic (exact) mass is 242 g/mol. The molecule has 0 N–H and O–H groups in total. The van der Waals surface area contributed by atoms with E-state index in [-0.39, 0.29) is 0 Å². The lowest BCUT2D eigenvalue weighted by Crippen LogP contribution is -2.10. The molecule has 2 heteroatoms. The molecule has 1 nitrogen and oxygen atoms in total. The minimum Gasteiger partial charge on any atom is -0.457 e. The Morgan fingerprint density at radius 3 is 2.54 bits per heavy atom. The van der Waals surface area contributed by atoms with E-state index in [2.05, 4.69) is 28.9 Å². The Hall–Kier alpha value is -0.240. The van der Waals surface area contributed by atoms with Crippen LogP contribution in [0.3, 0.4) is 0 Å². The molecule has 0 aliphatic heterocycles. The summed E-state index contributed by atoms with van der Waals surface area (Å²) in [5.74, 6) is 1.64. The molecule has 72 valence electrons. The van der Waals surface area contributed by atoms with E-state index in [1.54, 1.807) is 6.26 Å². The minimum atomic E-state index is 0.726. The Morgan fingerprint density at radius 2 is 2.00 bits per heavy atom.